The highest BCUT2D eigenvalue weighted by molar-refractivity contribution is 5.92. The predicted octanol–water partition coefficient (Wildman–Crippen LogP) is 1.26. The van der Waals surface area contributed by atoms with Crippen molar-refractivity contribution in [2.75, 3.05) is 12.8 Å². The van der Waals surface area contributed by atoms with Crippen molar-refractivity contribution in [1.29, 1.82) is 0 Å². The minimum Gasteiger partial charge on any atom is -0.398 e. The second kappa shape index (κ2) is 4.69. The van der Waals surface area contributed by atoms with Crippen molar-refractivity contribution in [3.63, 3.8) is 0 Å². The number of hydrogen-bond acceptors (Lipinski definition) is 3. The van der Waals surface area contributed by atoms with Crippen LogP contribution in [0.5, 0.6) is 0 Å². The molecule has 0 aliphatic heterocycles. The van der Waals surface area contributed by atoms with Gasteiger partial charge in [0.15, 0.2) is 0 Å². The SMILES string of the molecule is CN(Cc1ccccc1N)C(=O)c1ccn[nH]1. The summed E-state index contributed by atoms with van der Waals surface area (Å²) in [5.74, 6) is -0.106. The van der Waals surface area contributed by atoms with Gasteiger partial charge in [0, 0.05) is 25.5 Å². The zero-order valence-corrected chi connectivity index (χ0v) is 9.55. The van der Waals surface area contributed by atoms with Gasteiger partial charge in [-0.1, -0.05) is 18.2 Å². The molecule has 1 heterocycles. The summed E-state index contributed by atoms with van der Waals surface area (Å²) in [4.78, 5) is 13.5. The average Bonchev–Trinajstić information content (AvgIpc) is 2.84. The molecule has 0 atom stereocenters. The van der Waals surface area contributed by atoms with Crippen LogP contribution in [0, 0.1) is 0 Å². The number of benzene rings is 1. The van der Waals surface area contributed by atoms with E-state index in [0.29, 0.717) is 17.9 Å². The zero-order valence-electron chi connectivity index (χ0n) is 9.55. The lowest BCUT2D eigenvalue weighted by Gasteiger charge is -2.17. The van der Waals surface area contributed by atoms with Gasteiger partial charge in [0.2, 0.25) is 0 Å². The van der Waals surface area contributed by atoms with Crippen LogP contribution in [0.15, 0.2) is 36.5 Å². The van der Waals surface area contributed by atoms with Crippen molar-refractivity contribution in [2.45, 2.75) is 6.54 Å². The van der Waals surface area contributed by atoms with Crippen LogP contribution in [0.4, 0.5) is 5.69 Å². The molecule has 17 heavy (non-hydrogen) atoms. The molecule has 0 unspecified atom stereocenters. The number of carbonyl (C=O) groups is 1. The highest BCUT2D eigenvalue weighted by Gasteiger charge is 2.13. The van der Waals surface area contributed by atoms with Crippen LogP contribution in [0.25, 0.3) is 0 Å². The number of nitrogens with zero attached hydrogens (tertiary/aromatic N) is 2. The first kappa shape index (κ1) is 11.2. The van der Waals surface area contributed by atoms with E-state index < -0.39 is 0 Å². The van der Waals surface area contributed by atoms with E-state index >= 15 is 0 Å². The van der Waals surface area contributed by atoms with Gasteiger partial charge >= 0.3 is 0 Å². The highest BCUT2D eigenvalue weighted by atomic mass is 16.2. The molecule has 0 bridgehead atoms. The fourth-order valence-corrected chi connectivity index (χ4v) is 1.59. The summed E-state index contributed by atoms with van der Waals surface area (Å²) in [6, 6.07) is 9.15. The molecule has 0 fully saturated rings. The molecular formula is C12H14N4O. The number of aromatic amines is 1. The van der Waals surface area contributed by atoms with Crippen LogP contribution in [0.2, 0.25) is 0 Å². The second-order valence-corrected chi connectivity index (χ2v) is 3.83. The third kappa shape index (κ3) is 2.44. The molecule has 0 aliphatic rings. The summed E-state index contributed by atoms with van der Waals surface area (Å²) < 4.78 is 0. The summed E-state index contributed by atoms with van der Waals surface area (Å²) in [5, 5.41) is 6.40. The monoisotopic (exact) mass is 230 g/mol. The molecule has 5 heteroatoms. The Morgan fingerprint density at radius 1 is 1.41 bits per heavy atom. The Morgan fingerprint density at radius 2 is 2.18 bits per heavy atom. The van der Waals surface area contributed by atoms with Crippen molar-refractivity contribution >= 4 is 11.6 Å². The van der Waals surface area contributed by atoms with Crippen LogP contribution < -0.4 is 5.73 Å². The van der Waals surface area contributed by atoms with Crippen LogP contribution in [0.3, 0.4) is 0 Å². The van der Waals surface area contributed by atoms with Crippen LogP contribution in [-0.2, 0) is 6.54 Å². The van der Waals surface area contributed by atoms with Gasteiger partial charge in [-0.05, 0) is 17.7 Å². The first-order valence-electron chi connectivity index (χ1n) is 5.26. The molecule has 88 valence electrons. The number of amides is 1. The number of para-hydroxylation sites is 1. The van der Waals surface area contributed by atoms with E-state index in [4.69, 9.17) is 5.73 Å². The van der Waals surface area contributed by atoms with E-state index in [1.165, 1.54) is 0 Å². The van der Waals surface area contributed by atoms with Crippen molar-refractivity contribution < 1.29 is 4.79 Å². The number of nitrogen functional groups attached to an aromatic ring is 1. The van der Waals surface area contributed by atoms with E-state index in [-0.39, 0.29) is 5.91 Å². The molecule has 0 aliphatic carbocycles. The Balaban J connectivity index is 2.10. The Hall–Kier alpha value is -2.30. The van der Waals surface area contributed by atoms with Crippen LogP contribution in [-0.4, -0.2) is 28.1 Å². The molecule has 0 saturated carbocycles. The van der Waals surface area contributed by atoms with Gasteiger partial charge in [0.05, 0.1) is 0 Å². The van der Waals surface area contributed by atoms with Crippen LogP contribution in [0.1, 0.15) is 16.1 Å². The quantitative estimate of drug-likeness (QED) is 0.779. The van der Waals surface area contributed by atoms with Crippen molar-refractivity contribution in [1.82, 2.24) is 15.1 Å². The topological polar surface area (TPSA) is 75.0 Å². The standard InChI is InChI=1S/C12H14N4O/c1-16(12(17)11-6-7-14-15-11)8-9-4-2-3-5-10(9)13/h2-7H,8,13H2,1H3,(H,14,15). The first-order valence-corrected chi connectivity index (χ1v) is 5.26. The van der Waals surface area contributed by atoms with Crippen molar-refractivity contribution in [3.8, 4) is 0 Å². The molecule has 1 aromatic heterocycles. The lowest BCUT2D eigenvalue weighted by molar-refractivity contribution is 0.0779. The number of hydrogen-bond donors (Lipinski definition) is 2. The van der Waals surface area contributed by atoms with Gasteiger partial charge in [0.25, 0.3) is 5.91 Å². The molecule has 2 rings (SSSR count). The summed E-state index contributed by atoms with van der Waals surface area (Å²) in [6.45, 7) is 0.477. The minimum atomic E-state index is -0.106. The largest absolute Gasteiger partial charge is 0.398 e. The molecule has 5 nitrogen and oxygen atoms in total. The van der Waals surface area contributed by atoms with Gasteiger partial charge in [-0.3, -0.25) is 9.89 Å². The smallest absolute Gasteiger partial charge is 0.271 e. The number of carbonyl (C=O) groups excluding carboxylic acids is 1. The number of rotatable bonds is 3. The maximum absolute atomic E-state index is 11.9. The fourth-order valence-electron chi connectivity index (χ4n) is 1.59. The summed E-state index contributed by atoms with van der Waals surface area (Å²) in [5.41, 5.74) is 7.93. The number of anilines is 1. The second-order valence-electron chi connectivity index (χ2n) is 3.83. The fraction of sp³-hybridized carbons (Fsp3) is 0.167. The maximum atomic E-state index is 11.9. The third-order valence-corrected chi connectivity index (χ3v) is 2.54. The third-order valence-electron chi connectivity index (χ3n) is 2.54. The molecule has 3 N–H and O–H groups in total. The summed E-state index contributed by atoms with van der Waals surface area (Å²) in [6.07, 6.45) is 1.55. The molecule has 0 saturated heterocycles. The van der Waals surface area contributed by atoms with E-state index in [0.717, 1.165) is 5.56 Å². The van der Waals surface area contributed by atoms with E-state index in [2.05, 4.69) is 10.2 Å². The summed E-state index contributed by atoms with van der Waals surface area (Å²) >= 11 is 0. The predicted molar refractivity (Wildman–Crippen MR) is 65.2 cm³/mol. The number of nitrogens with one attached hydrogen (secondary N) is 1. The van der Waals surface area contributed by atoms with Crippen molar-refractivity contribution in [2.24, 2.45) is 0 Å². The van der Waals surface area contributed by atoms with Crippen molar-refractivity contribution in [3.05, 3.63) is 47.8 Å². The number of nitrogens with two attached hydrogens (primary N) is 1. The molecule has 0 radical (unpaired) electrons. The molecule has 2 aromatic rings. The Labute approximate surface area is 99.2 Å². The van der Waals surface area contributed by atoms with E-state index in [9.17, 15) is 4.79 Å². The van der Waals surface area contributed by atoms with Crippen LogP contribution >= 0.6 is 0 Å². The lowest BCUT2D eigenvalue weighted by atomic mass is 10.1. The molecular weight excluding hydrogens is 216 g/mol. The Morgan fingerprint density at radius 3 is 2.82 bits per heavy atom. The van der Waals surface area contributed by atoms with Gasteiger partial charge in [-0.15, -0.1) is 0 Å². The molecule has 0 spiro atoms. The number of H-pyrrole nitrogens is 1. The summed E-state index contributed by atoms with van der Waals surface area (Å²) in [7, 11) is 1.73. The molecule has 1 amide bonds. The molecule has 1 aromatic carbocycles. The Kier molecular flexibility index (Phi) is 3.09. The van der Waals surface area contributed by atoms with E-state index in [1.807, 2.05) is 24.3 Å². The number of aromatic nitrogens is 2. The minimum absolute atomic E-state index is 0.106. The average molecular weight is 230 g/mol. The van der Waals surface area contributed by atoms with Gasteiger partial charge in [0.1, 0.15) is 5.69 Å². The Bertz CT molecular complexity index is 507. The normalized spacial score (nSPS) is 10.2. The zero-order chi connectivity index (χ0) is 12.3. The van der Waals surface area contributed by atoms with Gasteiger partial charge in [-0.2, -0.15) is 5.10 Å². The van der Waals surface area contributed by atoms with E-state index in [1.54, 1.807) is 24.2 Å². The lowest BCUT2D eigenvalue weighted by Crippen LogP contribution is -2.26. The maximum Gasteiger partial charge on any atom is 0.271 e. The highest BCUT2D eigenvalue weighted by Crippen LogP contribution is 2.13. The van der Waals surface area contributed by atoms with Gasteiger partial charge < -0.3 is 10.6 Å². The van der Waals surface area contributed by atoms with Gasteiger partial charge in [-0.25, -0.2) is 0 Å². The first-order chi connectivity index (χ1) is 8.18.